The number of anilines is 2. The van der Waals surface area contributed by atoms with Crippen LogP contribution in [0.15, 0.2) is 48.5 Å². The first-order valence-electron chi connectivity index (χ1n) is 13.5. The van der Waals surface area contributed by atoms with E-state index < -0.39 is 66.3 Å². The number of hydrogen-bond acceptors (Lipinski definition) is 7. The minimum atomic E-state index is -1.44. The molecule has 0 unspecified atom stereocenters. The van der Waals surface area contributed by atoms with E-state index in [9.17, 15) is 39.0 Å². The van der Waals surface area contributed by atoms with Crippen LogP contribution < -0.4 is 26.6 Å². The minimum Gasteiger partial charge on any atom is -0.480 e. The van der Waals surface area contributed by atoms with Crippen LogP contribution in [0.1, 0.15) is 54.8 Å². The third-order valence-electron chi connectivity index (χ3n) is 6.15. The van der Waals surface area contributed by atoms with Gasteiger partial charge in [-0.25, -0.2) is 14.4 Å². The number of carboxylic acids is 2. The Balaban J connectivity index is 2.03. The average Bonchev–Trinajstić information content (AvgIpc) is 2.93. The van der Waals surface area contributed by atoms with Gasteiger partial charge in [-0.2, -0.15) is 0 Å². The van der Waals surface area contributed by atoms with Crippen LogP contribution in [0.4, 0.5) is 16.2 Å². The number of urea groups is 1. The zero-order valence-corrected chi connectivity index (χ0v) is 24.2. The summed E-state index contributed by atoms with van der Waals surface area (Å²) in [6, 6.07) is 6.77. The van der Waals surface area contributed by atoms with Gasteiger partial charge in [-0.05, 0) is 60.7 Å². The summed E-state index contributed by atoms with van der Waals surface area (Å²) in [5.74, 6) is -4.89. The van der Waals surface area contributed by atoms with Crippen molar-refractivity contribution < 1.29 is 44.1 Å². The molecule has 0 aliphatic heterocycles. The van der Waals surface area contributed by atoms with Crippen molar-refractivity contribution in [3.8, 4) is 0 Å². The number of aliphatic hydroxyl groups excluding tert-OH is 1. The standard InChI is InChI=1S/C29H37N5O9/c1-15(2)12-21(25(37)34-23(16(3)4)28(41)42)32-26(38)22(14-35)33-29(43)31-20-7-5-6-19(13-20)30-24(36)17-8-10-18(11-9-17)27(39)40/h5-11,13,15-16,21-23,35H,12,14H2,1-4H3,(H,30,36)(H,32,38)(H,34,37)(H,39,40)(H,41,42)(H2,31,33,43)/t21-,22-,23-/m0/s1. The summed E-state index contributed by atoms with van der Waals surface area (Å²) in [4.78, 5) is 73.4. The van der Waals surface area contributed by atoms with Gasteiger partial charge in [0, 0.05) is 16.9 Å². The molecule has 43 heavy (non-hydrogen) atoms. The first-order chi connectivity index (χ1) is 20.2. The van der Waals surface area contributed by atoms with Crippen molar-refractivity contribution in [2.24, 2.45) is 11.8 Å². The van der Waals surface area contributed by atoms with Gasteiger partial charge in [0.2, 0.25) is 11.8 Å². The molecule has 0 radical (unpaired) electrons. The molecule has 0 aliphatic carbocycles. The number of carbonyl (C=O) groups is 6. The molecule has 2 rings (SSSR count). The summed E-state index contributed by atoms with van der Waals surface area (Å²) >= 11 is 0. The number of aliphatic carboxylic acids is 1. The molecule has 0 bridgehead atoms. The van der Waals surface area contributed by atoms with Crippen LogP contribution >= 0.6 is 0 Å². The molecular weight excluding hydrogens is 562 g/mol. The molecule has 2 aromatic carbocycles. The van der Waals surface area contributed by atoms with Crippen LogP contribution in [0.25, 0.3) is 0 Å². The summed E-state index contributed by atoms with van der Waals surface area (Å²) in [5.41, 5.74) is 0.787. The van der Waals surface area contributed by atoms with Crippen molar-refractivity contribution in [1.29, 1.82) is 0 Å². The van der Waals surface area contributed by atoms with Crippen molar-refractivity contribution in [3.05, 3.63) is 59.7 Å². The van der Waals surface area contributed by atoms with Gasteiger partial charge in [-0.1, -0.05) is 33.8 Å². The summed E-state index contributed by atoms with van der Waals surface area (Å²) in [5, 5.41) is 40.5. The molecule has 0 spiro atoms. The second-order valence-corrected chi connectivity index (χ2v) is 10.5. The zero-order valence-electron chi connectivity index (χ0n) is 24.2. The predicted molar refractivity (Wildman–Crippen MR) is 157 cm³/mol. The molecule has 8 N–H and O–H groups in total. The summed E-state index contributed by atoms with van der Waals surface area (Å²) in [6.07, 6.45) is 0.175. The first-order valence-corrected chi connectivity index (χ1v) is 13.5. The van der Waals surface area contributed by atoms with Gasteiger partial charge >= 0.3 is 18.0 Å². The molecule has 0 aliphatic rings. The largest absolute Gasteiger partial charge is 0.480 e. The highest BCUT2D eigenvalue weighted by Crippen LogP contribution is 2.17. The fourth-order valence-electron chi connectivity index (χ4n) is 3.90. The quantitative estimate of drug-likeness (QED) is 0.158. The van der Waals surface area contributed by atoms with Crippen molar-refractivity contribution in [1.82, 2.24) is 16.0 Å². The lowest BCUT2D eigenvalue weighted by Crippen LogP contribution is -2.57. The third-order valence-corrected chi connectivity index (χ3v) is 6.15. The van der Waals surface area contributed by atoms with Crippen molar-refractivity contribution in [2.75, 3.05) is 17.2 Å². The van der Waals surface area contributed by atoms with E-state index in [2.05, 4.69) is 26.6 Å². The molecule has 0 fully saturated rings. The van der Waals surface area contributed by atoms with Crippen molar-refractivity contribution >= 4 is 47.1 Å². The highest BCUT2D eigenvalue weighted by Gasteiger charge is 2.31. The van der Waals surface area contributed by atoms with Crippen LogP contribution in [0, 0.1) is 11.8 Å². The molecule has 2 aromatic rings. The fourth-order valence-corrected chi connectivity index (χ4v) is 3.90. The lowest BCUT2D eigenvalue weighted by Gasteiger charge is -2.26. The zero-order chi connectivity index (χ0) is 32.3. The number of benzene rings is 2. The van der Waals surface area contributed by atoms with Crippen LogP contribution in [0.3, 0.4) is 0 Å². The van der Waals surface area contributed by atoms with Gasteiger partial charge in [-0.3, -0.25) is 14.4 Å². The highest BCUT2D eigenvalue weighted by atomic mass is 16.4. The van der Waals surface area contributed by atoms with Crippen LogP contribution in [0.2, 0.25) is 0 Å². The third kappa shape index (κ3) is 10.7. The maximum atomic E-state index is 12.9. The number of rotatable bonds is 14. The van der Waals surface area contributed by atoms with E-state index in [1.807, 2.05) is 13.8 Å². The Labute approximate surface area is 248 Å². The van der Waals surface area contributed by atoms with Gasteiger partial charge < -0.3 is 41.9 Å². The van der Waals surface area contributed by atoms with E-state index in [0.29, 0.717) is 5.69 Å². The number of carbonyl (C=O) groups excluding carboxylic acids is 4. The van der Waals surface area contributed by atoms with Crippen molar-refractivity contribution in [2.45, 2.75) is 52.2 Å². The minimum absolute atomic E-state index is 0.0280. The number of carboxylic acid groups (broad SMARTS) is 2. The van der Waals surface area contributed by atoms with Gasteiger partial charge in [0.25, 0.3) is 5.91 Å². The van der Waals surface area contributed by atoms with Crippen LogP contribution in [-0.2, 0) is 14.4 Å². The average molecular weight is 600 g/mol. The molecule has 0 heterocycles. The molecule has 14 nitrogen and oxygen atoms in total. The topological polar surface area (TPSA) is 223 Å². The number of aromatic carboxylic acids is 1. The molecular formula is C29H37N5O9. The monoisotopic (exact) mass is 599 g/mol. The van der Waals surface area contributed by atoms with Gasteiger partial charge in [0.05, 0.1) is 12.2 Å². The molecule has 232 valence electrons. The fraction of sp³-hybridized carbons (Fsp3) is 0.379. The lowest BCUT2D eigenvalue weighted by molar-refractivity contribution is -0.143. The smallest absolute Gasteiger partial charge is 0.335 e. The predicted octanol–water partition coefficient (Wildman–Crippen LogP) is 1.88. The number of amides is 5. The molecule has 5 amide bonds. The Hall–Kier alpha value is -4.98. The number of nitrogens with one attached hydrogen (secondary N) is 5. The second kappa shape index (κ2) is 15.9. The van der Waals surface area contributed by atoms with E-state index in [0.717, 1.165) is 0 Å². The molecule has 0 saturated carbocycles. The molecule has 3 atom stereocenters. The van der Waals surface area contributed by atoms with Gasteiger partial charge in [0.1, 0.15) is 18.1 Å². The maximum Gasteiger partial charge on any atom is 0.335 e. The number of aliphatic hydroxyl groups is 1. The Morgan fingerprint density at radius 2 is 1.28 bits per heavy atom. The summed E-state index contributed by atoms with van der Waals surface area (Å²) in [6.45, 7) is 6.08. The Morgan fingerprint density at radius 3 is 1.79 bits per heavy atom. The van der Waals surface area contributed by atoms with E-state index in [-0.39, 0.29) is 29.2 Å². The highest BCUT2D eigenvalue weighted by molar-refractivity contribution is 6.05. The van der Waals surface area contributed by atoms with E-state index >= 15 is 0 Å². The lowest BCUT2D eigenvalue weighted by atomic mass is 10.00. The Morgan fingerprint density at radius 1 is 0.721 bits per heavy atom. The molecule has 0 saturated heterocycles. The van der Waals surface area contributed by atoms with Gasteiger partial charge in [-0.15, -0.1) is 0 Å². The van der Waals surface area contributed by atoms with Gasteiger partial charge in [0.15, 0.2) is 0 Å². The first kappa shape index (κ1) is 34.2. The molecule has 0 aromatic heterocycles. The Bertz CT molecular complexity index is 1330. The van der Waals surface area contributed by atoms with E-state index in [1.165, 1.54) is 36.4 Å². The molecule has 14 heteroatoms. The Kier molecular flexibility index (Phi) is 12.6. The van der Waals surface area contributed by atoms with Crippen molar-refractivity contribution in [3.63, 3.8) is 0 Å². The van der Waals surface area contributed by atoms with E-state index in [1.54, 1.807) is 26.0 Å². The maximum absolute atomic E-state index is 12.9. The normalized spacial score (nSPS) is 12.9. The number of hydrogen-bond donors (Lipinski definition) is 8. The summed E-state index contributed by atoms with van der Waals surface area (Å²) < 4.78 is 0. The SMILES string of the molecule is CC(C)C[C@H](NC(=O)[C@H](CO)NC(=O)Nc1cccc(NC(=O)c2ccc(C(=O)O)cc2)c1)C(=O)N[C@H](C(=O)O)C(C)C. The van der Waals surface area contributed by atoms with E-state index in [4.69, 9.17) is 5.11 Å². The summed E-state index contributed by atoms with van der Waals surface area (Å²) in [7, 11) is 0. The second-order valence-electron chi connectivity index (χ2n) is 10.5. The van der Waals surface area contributed by atoms with Crippen LogP contribution in [-0.4, -0.2) is 75.7 Å². The van der Waals surface area contributed by atoms with Crippen LogP contribution in [0.5, 0.6) is 0 Å².